The molecule has 0 amide bonds. The number of tetrazole rings is 1. The number of aromatic nitrogens is 4. The van der Waals surface area contributed by atoms with Crippen LogP contribution in [0.5, 0.6) is 5.75 Å². The van der Waals surface area contributed by atoms with Gasteiger partial charge in [-0.15, -0.1) is 10.2 Å². The van der Waals surface area contributed by atoms with E-state index in [4.69, 9.17) is 14.2 Å². The van der Waals surface area contributed by atoms with Crippen molar-refractivity contribution in [2.75, 3.05) is 51.3 Å². The number of dihydropyridines is 1. The van der Waals surface area contributed by atoms with Crippen LogP contribution in [0.1, 0.15) is 31.2 Å². The molecule has 0 radical (unpaired) electrons. The summed E-state index contributed by atoms with van der Waals surface area (Å²) in [5.41, 5.74) is 2.93. The van der Waals surface area contributed by atoms with Gasteiger partial charge in [0.05, 0.1) is 36.4 Å². The van der Waals surface area contributed by atoms with E-state index < -0.39 is 17.0 Å². The van der Waals surface area contributed by atoms with Crippen LogP contribution in [0.15, 0.2) is 65.7 Å². The van der Waals surface area contributed by atoms with E-state index in [0.29, 0.717) is 29.1 Å². The molecule has 43 heavy (non-hydrogen) atoms. The Morgan fingerprint density at radius 1 is 1.07 bits per heavy atom. The zero-order valence-electron chi connectivity index (χ0n) is 24.5. The molecule has 3 heterocycles. The molecule has 14 nitrogen and oxygen atoms in total. The molecule has 1 fully saturated rings. The highest BCUT2D eigenvalue weighted by atomic mass is 16.7. The molecule has 0 bridgehead atoms. The average Bonchev–Trinajstić information content (AvgIpc) is 3.44. The summed E-state index contributed by atoms with van der Waals surface area (Å²) in [4.78, 5) is 30.3. The number of piperazine rings is 1. The molecule has 3 aromatic rings. The Hall–Kier alpha value is -4.98. The second-order valence-corrected chi connectivity index (χ2v) is 10.2. The number of aryl methyl sites for hydroxylation is 1. The second-order valence-electron chi connectivity index (χ2n) is 10.2. The minimum absolute atomic E-state index is 0.122. The summed E-state index contributed by atoms with van der Waals surface area (Å²) in [6, 6.07) is 14.3. The smallest absolute Gasteiger partial charge is 0.495 e. The van der Waals surface area contributed by atoms with Crippen LogP contribution in [0.3, 0.4) is 0 Å². The zero-order valence-corrected chi connectivity index (χ0v) is 24.5. The Morgan fingerprint density at radius 2 is 1.79 bits per heavy atom. The van der Waals surface area contributed by atoms with Crippen molar-refractivity contribution in [3.8, 4) is 5.75 Å². The maximum atomic E-state index is 13.0. The van der Waals surface area contributed by atoms with Gasteiger partial charge in [0, 0.05) is 55.6 Å². The first-order valence-electron chi connectivity index (χ1n) is 13.9. The molecule has 0 spiro atoms. The van der Waals surface area contributed by atoms with Crippen LogP contribution >= 0.6 is 0 Å². The third-order valence-corrected chi connectivity index (χ3v) is 7.51. The lowest BCUT2D eigenvalue weighted by Crippen LogP contribution is -2.47. The number of carbonyl (C=O) groups excluding carboxylic acids is 1. The van der Waals surface area contributed by atoms with Crippen molar-refractivity contribution in [1.29, 1.82) is 0 Å². The number of nitro groups is 1. The van der Waals surface area contributed by atoms with Crippen molar-refractivity contribution in [2.45, 2.75) is 19.8 Å². The first kappa shape index (κ1) is 29.5. The van der Waals surface area contributed by atoms with E-state index in [-0.39, 0.29) is 23.9 Å². The fraction of sp³-hybridized carbons (Fsp3) is 0.379. The number of hydrogen-bond acceptors (Lipinski definition) is 12. The SMILES string of the molecule is COc1ccccc1N1CCN(CCOC(=O)OC2=C(C)NC(C)=C(c3nnn(C)n3)C2c2ccccc2[N+](=O)[O-])CC1. The summed E-state index contributed by atoms with van der Waals surface area (Å²) in [6.07, 6.45) is -0.904. The molecule has 2 aromatic carbocycles. The van der Waals surface area contributed by atoms with Gasteiger partial charge in [0.2, 0.25) is 5.82 Å². The van der Waals surface area contributed by atoms with Crippen molar-refractivity contribution < 1.29 is 23.9 Å². The Kier molecular flexibility index (Phi) is 8.85. The van der Waals surface area contributed by atoms with Crippen molar-refractivity contribution in [3.63, 3.8) is 0 Å². The Morgan fingerprint density at radius 3 is 2.49 bits per heavy atom. The van der Waals surface area contributed by atoms with Gasteiger partial charge in [0.25, 0.3) is 5.69 Å². The maximum absolute atomic E-state index is 13.0. The largest absolute Gasteiger partial charge is 0.513 e. The van der Waals surface area contributed by atoms with Crippen molar-refractivity contribution in [3.05, 3.63) is 87.2 Å². The van der Waals surface area contributed by atoms with Crippen LogP contribution < -0.4 is 15.0 Å². The average molecular weight is 591 g/mol. The molecule has 0 aliphatic carbocycles. The first-order chi connectivity index (χ1) is 20.8. The predicted octanol–water partition coefficient (Wildman–Crippen LogP) is 3.45. The molecule has 226 valence electrons. The minimum atomic E-state index is -0.904. The van der Waals surface area contributed by atoms with E-state index in [1.54, 1.807) is 46.2 Å². The van der Waals surface area contributed by atoms with Gasteiger partial charge in [-0.3, -0.25) is 15.0 Å². The van der Waals surface area contributed by atoms with Gasteiger partial charge >= 0.3 is 6.16 Å². The lowest BCUT2D eigenvalue weighted by atomic mass is 9.84. The summed E-state index contributed by atoms with van der Waals surface area (Å²) in [5.74, 6) is 0.400. The molecule has 2 aliphatic heterocycles. The quantitative estimate of drug-likeness (QED) is 0.221. The normalized spacial score (nSPS) is 17.5. The van der Waals surface area contributed by atoms with E-state index in [2.05, 4.69) is 30.5 Å². The first-order valence-corrected chi connectivity index (χ1v) is 13.9. The van der Waals surface area contributed by atoms with Gasteiger partial charge in [-0.1, -0.05) is 30.3 Å². The topological polar surface area (TPSA) is 150 Å². The van der Waals surface area contributed by atoms with E-state index in [1.165, 1.54) is 10.9 Å². The molecule has 2 aliphatic rings. The fourth-order valence-corrected chi connectivity index (χ4v) is 5.47. The molecule has 0 saturated carbocycles. The number of allylic oxidation sites excluding steroid dienone is 3. The van der Waals surface area contributed by atoms with E-state index >= 15 is 0 Å². The number of hydrogen-bond donors (Lipinski definition) is 1. The summed E-state index contributed by atoms with van der Waals surface area (Å²) < 4.78 is 16.8. The van der Waals surface area contributed by atoms with Gasteiger partial charge in [-0.2, -0.15) is 4.80 Å². The number of benzene rings is 2. The van der Waals surface area contributed by atoms with Crippen LogP contribution in [0.4, 0.5) is 16.2 Å². The lowest BCUT2D eigenvalue weighted by Gasteiger charge is -2.36. The van der Waals surface area contributed by atoms with Crippen LogP contribution in [0, 0.1) is 10.1 Å². The van der Waals surface area contributed by atoms with Gasteiger partial charge < -0.3 is 24.4 Å². The van der Waals surface area contributed by atoms with E-state index in [0.717, 1.165) is 37.6 Å². The molecular formula is C29H34N8O6. The number of ether oxygens (including phenoxy) is 3. The molecule has 1 atom stereocenters. The fourth-order valence-electron chi connectivity index (χ4n) is 5.47. The molecule has 1 saturated heterocycles. The maximum Gasteiger partial charge on any atom is 0.513 e. The third kappa shape index (κ3) is 6.43. The molecule has 14 heteroatoms. The highest BCUT2D eigenvalue weighted by Gasteiger charge is 2.38. The van der Waals surface area contributed by atoms with Crippen molar-refractivity contribution in [1.82, 2.24) is 30.4 Å². The van der Waals surface area contributed by atoms with Crippen LogP contribution in [0.2, 0.25) is 0 Å². The number of nitrogens with zero attached hydrogens (tertiary/aromatic N) is 7. The molecule has 1 N–H and O–H groups in total. The number of anilines is 1. The Labute approximate surface area is 248 Å². The van der Waals surface area contributed by atoms with Gasteiger partial charge in [0.15, 0.2) is 0 Å². The molecule has 5 rings (SSSR count). The summed E-state index contributed by atoms with van der Waals surface area (Å²) in [5, 5.41) is 27.6. The lowest BCUT2D eigenvalue weighted by molar-refractivity contribution is -0.385. The van der Waals surface area contributed by atoms with E-state index in [9.17, 15) is 14.9 Å². The van der Waals surface area contributed by atoms with Crippen LogP contribution in [-0.4, -0.2) is 82.6 Å². The van der Waals surface area contributed by atoms with Gasteiger partial charge in [-0.25, -0.2) is 4.79 Å². The number of nitrogens with one attached hydrogen (secondary N) is 1. The Balaban J connectivity index is 1.27. The number of para-hydroxylation sites is 3. The van der Waals surface area contributed by atoms with Crippen molar-refractivity contribution >= 4 is 23.1 Å². The Bertz CT molecular complexity index is 1560. The zero-order chi connectivity index (χ0) is 30.5. The monoisotopic (exact) mass is 590 g/mol. The third-order valence-electron chi connectivity index (χ3n) is 7.51. The predicted molar refractivity (Wildman–Crippen MR) is 157 cm³/mol. The standard InChI is InChI=1S/C29H34N8O6/c1-19-25(28-31-33-34(3)32-28)26(21-9-5-6-10-22(21)37(39)40)27(20(2)30-19)43-29(38)42-18-17-35-13-15-36(16-14-35)23-11-7-8-12-24(23)41-4/h5-12,26,30H,13-18H2,1-4H3. The highest BCUT2D eigenvalue weighted by molar-refractivity contribution is 5.77. The molecule has 1 unspecified atom stereocenters. The number of rotatable bonds is 9. The number of carbonyl (C=O) groups is 1. The molecule has 1 aromatic heterocycles. The van der Waals surface area contributed by atoms with E-state index in [1.807, 2.05) is 24.3 Å². The van der Waals surface area contributed by atoms with Crippen molar-refractivity contribution in [2.24, 2.45) is 7.05 Å². The van der Waals surface area contributed by atoms with Crippen LogP contribution in [-0.2, 0) is 16.5 Å². The minimum Gasteiger partial charge on any atom is -0.495 e. The second kappa shape index (κ2) is 12.9. The number of methoxy groups -OCH3 is 1. The highest BCUT2D eigenvalue weighted by Crippen LogP contribution is 2.45. The number of nitro benzene ring substituents is 1. The summed E-state index contributed by atoms with van der Waals surface area (Å²) in [6.45, 7) is 7.40. The summed E-state index contributed by atoms with van der Waals surface area (Å²) in [7, 11) is 3.29. The molecular weight excluding hydrogens is 556 g/mol. The van der Waals surface area contributed by atoms with Crippen LogP contribution in [0.25, 0.3) is 5.57 Å². The van der Waals surface area contributed by atoms with Gasteiger partial charge in [0.1, 0.15) is 18.1 Å². The summed E-state index contributed by atoms with van der Waals surface area (Å²) >= 11 is 0. The van der Waals surface area contributed by atoms with Gasteiger partial charge in [-0.05, 0) is 31.2 Å².